The van der Waals surface area contributed by atoms with Gasteiger partial charge in [-0.2, -0.15) is 0 Å². The molecule has 2 aliphatic rings. The van der Waals surface area contributed by atoms with Gasteiger partial charge in [0.2, 0.25) is 0 Å². The SMILES string of the molecule is CC1CCC(C2(C)CCCC(C)(C)O2)C=C1O. The Hall–Kier alpha value is -0.500. The van der Waals surface area contributed by atoms with Gasteiger partial charge in [-0.3, -0.25) is 0 Å². The smallest absolute Gasteiger partial charge is 0.0914 e. The maximum absolute atomic E-state index is 9.93. The van der Waals surface area contributed by atoms with Gasteiger partial charge in [-0.1, -0.05) is 6.92 Å². The third kappa shape index (κ3) is 2.67. The van der Waals surface area contributed by atoms with Crippen LogP contribution in [0.2, 0.25) is 0 Å². The van der Waals surface area contributed by atoms with Crippen LogP contribution in [0.25, 0.3) is 0 Å². The minimum absolute atomic E-state index is 0.0144. The third-order valence-electron chi connectivity index (χ3n) is 4.53. The normalized spacial score (nSPS) is 42.0. The number of hydrogen-bond acceptors (Lipinski definition) is 2. The third-order valence-corrected chi connectivity index (χ3v) is 4.53. The van der Waals surface area contributed by atoms with E-state index in [0.717, 1.165) is 25.7 Å². The molecule has 1 aliphatic carbocycles. The fraction of sp³-hybridized carbons (Fsp3) is 0.867. The van der Waals surface area contributed by atoms with Crippen LogP contribution in [0.3, 0.4) is 0 Å². The lowest BCUT2D eigenvalue weighted by atomic mass is 9.73. The Bertz CT molecular complexity index is 319. The Morgan fingerprint density at radius 2 is 1.94 bits per heavy atom. The molecule has 2 rings (SSSR count). The zero-order chi connectivity index (χ0) is 12.7. The summed E-state index contributed by atoms with van der Waals surface area (Å²) in [6.45, 7) is 8.67. The van der Waals surface area contributed by atoms with E-state index >= 15 is 0 Å². The Labute approximate surface area is 105 Å². The van der Waals surface area contributed by atoms with Crippen molar-refractivity contribution in [1.29, 1.82) is 0 Å². The number of aliphatic hydroxyl groups excluding tert-OH is 1. The molecule has 3 atom stereocenters. The first kappa shape index (κ1) is 12.9. The Balaban J connectivity index is 2.16. The monoisotopic (exact) mass is 238 g/mol. The van der Waals surface area contributed by atoms with Gasteiger partial charge >= 0.3 is 0 Å². The molecule has 0 radical (unpaired) electrons. The molecule has 0 amide bonds. The molecule has 17 heavy (non-hydrogen) atoms. The highest BCUT2D eigenvalue weighted by Crippen LogP contribution is 2.44. The van der Waals surface area contributed by atoms with Gasteiger partial charge in [-0.15, -0.1) is 0 Å². The topological polar surface area (TPSA) is 29.5 Å². The second kappa shape index (κ2) is 4.31. The van der Waals surface area contributed by atoms with Gasteiger partial charge in [-0.05, 0) is 59.0 Å². The van der Waals surface area contributed by atoms with E-state index in [1.165, 1.54) is 6.42 Å². The van der Waals surface area contributed by atoms with Gasteiger partial charge in [0, 0.05) is 11.8 Å². The molecule has 2 nitrogen and oxygen atoms in total. The average Bonchev–Trinajstić information content (AvgIpc) is 2.20. The summed E-state index contributed by atoms with van der Waals surface area (Å²) in [5.74, 6) is 1.26. The molecular formula is C15H26O2. The van der Waals surface area contributed by atoms with Crippen LogP contribution in [0.5, 0.6) is 0 Å². The van der Waals surface area contributed by atoms with Crippen LogP contribution in [0.15, 0.2) is 11.8 Å². The van der Waals surface area contributed by atoms with E-state index < -0.39 is 0 Å². The highest BCUT2D eigenvalue weighted by Gasteiger charge is 2.43. The molecule has 0 saturated carbocycles. The van der Waals surface area contributed by atoms with Crippen molar-refractivity contribution in [2.75, 3.05) is 0 Å². The van der Waals surface area contributed by atoms with Crippen molar-refractivity contribution in [1.82, 2.24) is 0 Å². The van der Waals surface area contributed by atoms with Crippen LogP contribution < -0.4 is 0 Å². The van der Waals surface area contributed by atoms with Gasteiger partial charge in [0.1, 0.15) is 0 Å². The van der Waals surface area contributed by atoms with E-state index in [1.807, 2.05) is 0 Å². The molecule has 2 heteroatoms. The molecule has 1 heterocycles. The van der Waals surface area contributed by atoms with Crippen molar-refractivity contribution in [3.8, 4) is 0 Å². The van der Waals surface area contributed by atoms with Crippen LogP contribution in [0.4, 0.5) is 0 Å². The lowest BCUT2D eigenvalue weighted by Crippen LogP contribution is -2.48. The quantitative estimate of drug-likeness (QED) is 0.741. The summed E-state index contributed by atoms with van der Waals surface area (Å²) < 4.78 is 6.33. The molecule has 3 unspecified atom stereocenters. The van der Waals surface area contributed by atoms with Crippen molar-refractivity contribution < 1.29 is 9.84 Å². The van der Waals surface area contributed by atoms with E-state index in [-0.39, 0.29) is 11.2 Å². The molecule has 98 valence electrons. The molecule has 1 aliphatic heterocycles. The van der Waals surface area contributed by atoms with Crippen molar-refractivity contribution in [2.45, 2.75) is 71.0 Å². The molecule has 0 aromatic heterocycles. The van der Waals surface area contributed by atoms with Crippen molar-refractivity contribution in [2.24, 2.45) is 11.8 Å². The largest absolute Gasteiger partial charge is 0.512 e. The van der Waals surface area contributed by atoms with Gasteiger partial charge in [0.15, 0.2) is 0 Å². The summed E-state index contributed by atoms with van der Waals surface area (Å²) in [6, 6.07) is 0. The van der Waals surface area contributed by atoms with Crippen molar-refractivity contribution in [3.05, 3.63) is 11.8 Å². The number of ether oxygens (including phenoxy) is 1. The summed E-state index contributed by atoms with van der Waals surface area (Å²) >= 11 is 0. The summed E-state index contributed by atoms with van der Waals surface area (Å²) in [4.78, 5) is 0. The van der Waals surface area contributed by atoms with E-state index in [9.17, 15) is 5.11 Å². The molecule has 1 saturated heterocycles. The highest BCUT2D eigenvalue weighted by molar-refractivity contribution is 5.09. The zero-order valence-corrected chi connectivity index (χ0v) is 11.6. The molecule has 1 fully saturated rings. The van der Waals surface area contributed by atoms with Crippen molar-refractivity contribution in [3.63, 3.8) is 0 Å². The highest BCUT2D eigenvalue weighted by atomic mass is 16.5. The molecular weight excluding hydrogens is 212 g/mol. The number of rotatable bonds is 1. The summed E-state index contributed by atoms with van der Waals surface area (Å²) in [7, 11) is 0. The maximum Gasteiger partial charge on any atom is 0.0914 e. The van der Waals surface area contributed by atoms with E-state index in [4.69, 9.17) is 4.74 Å². The first-order chi connectivity index (χ1) is 7.82. The molecule has 0 bridgehead atoms. The Morgan fingerprint density at radius 1 is 1.24 bits per heavy atom. The fourth-order valence-electron chi connectivity index (χ4n) is 3.37. The Kier molecular flexibility index (Phi) is 3.28. The molecule has 1 N–H and O–H groups in total. The molecule has 0 spiro atoms. The lowest BCUT2D eigenvalue weighted by Gasteiger charge is -2.48. The predicted molar refractivity (Wildman–Crippen MR) is 70.0 cm³/mol. The van der Waals surface area contributed by atoms with Gasteiger partial charge in [-0.25, -0.2) is 0 Å². The number of allylic oxidation sites excluding steroid dienone is 1. The maximum atomic E-state index is 9.93. The average molecular weight is 238 g/mol. The lowest BCUT2D eigenvalue weighted by molar-refractivity contribution is -0.185. The van der Waals surface area contributed by atoms with Crippen LogP contribution in [0, 0.1) is 11.8 Å². The predicted octanol–water partition coefficient (Wildman–Crippen LogP) is 4.21. The summed E-state index contributed by atoms with van der Waals surface area (Å²) in [6.07, 6.45) is 7.74. The van der Waals surface area contributed by atoms with Gasteiger partial charge in [0.05, 0.1) is 17.0 Å². The minimum atomic E-state index is -0.0874. The van der Waals surface area contributed by atoms with Crippen LogP contribution in [-0.2, 0) is 4.74 Å². The first-order valence-electron chi connectivity index (χ1n) is 6.93. The number of hydrogen-bond donors (Lipinski definition) is 1. The molecule has 0 aromatic rings. The van der Waals surface area contributed by atoms with Gasteiger partial charge in [0.25, 0.3) is 0 Å². The van der Waals surface area contributed by atoms with Gasteiger partial charge < -0.3 is 9.84 Å². The van der Waals surface area contributed by atoms with Crippen LogP contribution >= 0.6 is 0 Å². The fourth-order valence-corrected chi connectivity index (χ4v) is 3.37. The second-order valence-corrected chi connectivity index (χ2v) is 6.70. The van der Waals surface area contributed by atoms with Crippen LogP contribution in [0.1, 0.15) is 59.8 Å². The zero-order valence-electron chi connectivity index (χ0n) is 11.6. The number of aliphatic hydroxyl groups is 1. The van der Waals surface area contributed by atoms with E-state index in [0.29, 0.717) is 17.6 Å². The first-order valence-corrected chi connectivity index (χ1v) is 6.93. The van der Waals surface area contributed by atoms with Crippen LogP contribution in [-0.4, -0.2) is 16.3 Å². The van der Waals surface area contributed by atoms with E-state index in [2.05, 4.69) is 33.8 Å². The Morgan fingerprint density at radius 3 is 2.53 bits per heavy atom. The summed E-state index contributed by atoms with van der Waals surface area (Å²) in [5, 5.41) is 9.93. The summed E-state index contributed by atoms with van der Waals surface area (Å²) in [5.41, 5.74) is -0.102. The van der Waals surface area contributed by atoms with E-state index in [1.54, 1.807) is 0 Å². The second-order valence-electron chi connectivity index (χ2n) is 6.70. The minimum Gasteiger partial charge on any atom is -0.512 e. The standard InChI is InChI=1S/C15H26O2/c1-11-6-7-12(10-13(11)16)15(4)9-5-8-14(2,3)17-15/h10-12,16H,5-9H2,1-4H3. The molecule has 0 aromatic carbocycles. The van der Waals surface area contributed by atoms with Crippen molar-refractivity contribution >= 4 is 0 Å².